The van der Waals surface area contributed by atoms with E-state index < -0.39 is 0 Å². The van der Waals surface area contributed by atoms with Crippen molar-refractivity contribution in [3.8, 4) is 11.5 Å². The molecule has 1 fully saturated rings. The molecule has 28 heavy (non-hydrogen) atoms. The largest absolute Gasteiger partial charge is 0.497 e. The van der Waals surface area contributed by atoms with Crippen LogP contribution in [0.5, 0.6) is 11.5 Å². The number of ether oxygens (including phenoxy) is 2. The van der Waals surface area contributed by atoms with Crippen LogP contribution in [0, 0.1) is 13.8 Å². The van der Waals surface area contributed by atoms with Gasteiger partial charge in [-0.05, 0) is 44.5 Å². The Kier molecular flexibility index (Phi) is 6.92. The van der Waals surface area contributed by atoms with Crippen LogP contribution >= 0.6 is 0 Å². The Balaban J connectivity index is 1.35. The molecule has 1 aliphatic rings. The number of aryl methyl sites for hydroxylation is 2. The van der Waals surface area contributed by atoms with Crippen molar-refractivity contribution < 1.29 is 23.7 Å². The highest BCUT2D eigenvalue weighted by atomic mass is 16.5. The Hall–Kier alpha value is -2.54. The average molecular weight is 388 g/mol. The number of hydrogen-bond donors (Lipinski definition) is 1. The van der Waals surface area contributed by atoms with E-state index in [2.05, 4.69) is 5.16 Å². The summed E-state index contributed by atoms with van der Waals surface area (Å²) in [5, 5.41) is 3.95. The number of nitrogens with one attached hydrogen (secondary N) is 1. The topological polar surface area (TPSA) is 69.2 Å². The second-order valence-corrected chi connectivity index (χ2v) is 7.21. The van der Waals surface area contributed by atoms with Gasteiger partial charge in [0, 0.05) is 12.0 Å². The molecule has 0 radical (unpaired) electrons. The normalized spacial score (nSPS) is 14.9. The van der Waals surface area contributed by atoms with Gasteiger partial charge in [-0.3, -0.25) is 4.79 Å². The molecule has 1 aliphatic heterocycles. The molecule has 2 heterocycles. The molecule has 0 saturated carbocycles. The summed E-state index contributed by atoms with van der Waals surface area (Å²) in [6.45, 7) is 8.96. The van der Waals surface area contributed by atoms with E-state index in [1.807, 2.05) is 43.0 Å². The lowest BCUT2D eigenvalue weighted by molar-refractivity contribution is -0.904. The van der Waals surface area contributed by atoms with Crippen LogP contribution in [0.25, 0.3) is 0 Å². The molecule has 0 bridgehead atoms. The highest BCUT2D eigenvalue weighted by molar-refractivity contribution is 5.76. The molecule has 152 valence electrons. The van der Waals surface area contributed by atoms with Gasteiger partial charge >= 0.3 is 0 Å². The van der Waals surface area contributed by atoms with Crippen molar-refractivity contribution in [2.45, 2.75) is 26.7 Å². The van der Waals surface area contributed by atoms with E-state index in [0.717, 1.165) is 61.2 Å². The molecule has 0 unspecified atom stereocenters. The standard InChI is InChI=1S/C21H29N3O4/c1-16-20(17(2)28-22-16)8-9-21(25)24-12-10-23(11-13-24)14-15-27-19-6-4-18(26-3)5-7-19/h4-7H,8-15H2,1-3H3/p+1. The molecule has 1 N–H and O–H groups in total. The predicted octanol–water partition coefficient (Wildman–Crippen LogP) is 1.04. The van der Waals surface area contributed by atoms with E-state index in [9.17, 15) is 4.79 Å². The second-order valence-electron chi connectivity index (χ2n) is 7.21. The lowest BCUT2D eigenvalue weighted by Crippen LogP contribution is -3.15. The first kappa shape index (κ1) is 20.2. The minimum atomic E-state index is 0.216. The van der Waals surface area contributed by atoms with Gasteiger partial charge < -0.3 is 23.8 Å². The van der Waals surface area contributed by atoms with E-state index >= 15 is 0 Å². The summed E-state index contributed by atoms with van der Waals surface area (Å²) in [5.41, 5.74) is 1.95. The number of carbonyl (C=O) groups is 1. The van der Waals surface area contributed by atoms with Crippen molar-refractivity contribution in [3.63, 3.8) is 0 Å². The minimum absolute atomic E-state index is 0.216. The highest BCUT2D eigenvalue weighted by Crippen LogP contribution is 2.17. The minimum Gasteiger partial charge on any atom is -0.497 e. The molecule has 0 spiro atoms. The molecular formula is C21H30N3O4+. The number of amides is 1. The maximum Gasteiger partial charge on any atom is 0.223 e. The quantitative estimate of drug-likeness (QED) is 0.732. The Labute approximate surface area is 166 Å². The Morgan fingerprint density at radius 1 is 1.18 bits per heavy atom. The van der Waals surface area contributed by atoms with Crippen molar-refractivity contribution in [3.05, 3.63) is 41.3 Å². The first-order valence-electron chi connectivity index (χ1n) is 9.86. The molecule has 7 heteroatoms. The molecule has 1 saturated heterocycles. The molecule has 1 amide bonds. The molecule has 0 atom stereocenters. The van der Waals surface area contributed by atoms with Crippen LogP contribution in [0.4, 0.5) is 0 Å². The van der Waals surface area contributed by atoms with Crippen molar-refractivity contribution in [1.82, 2.24) is 10.1 Å². The van der Waals surface area contributed by atoms with Crippen LogP contribution < -0.4 is 14.4 Å². The maximum absolute atomic E-state index is 12.5. The van der Waals surface area contributed by atoms with Gasteiger partial charge in [0.15, 0.2) is 0 Å². The van der Waals surface area contributed by atoms with E-state index in [-0.39, 0.29) is 5.91 Å². The lowest BCUT2D eigenvalue weighted by atomic mass is 10.1. The van der Waals surface area contributed by atoms with Gasteiger partial charge in [0.2, 0.25) is 5.91 Å². The number of hydrogen-bond acceptors (Lipinski definition) is 5. The van der Waals surface area contributed by atoms with E-state index in [1.54, 1.807) is 7.11 Å². The van der Waals surface area contributed by atoms with Gasteiger partial charge in [-0.2, -0.15) is 0 Å². The zero-order chi connectivity index (χ0) is 19.9. The van der Waals surface area contributed by atoms with Crippen LogP contribution in [0.2, 0.25) is 0 Å². The fraction of sp³-hybridized carbons (Fsp3) is 0.524. The smallest absolute Gasteiger partial charge is 0.223 e. The van der Waals surface area contributed by atoms with Crippen LogP contribution in [0.1, 0.15) is 23.4 Å². The first-order valence-corrected chi connectivity index (χ1v) is 9.86. The van der Waals surface area contributed by atoms with Gasteiger partial charge in [0.1, 0.15) is 30.4 Å². The number of carbonyl (C=O) groups excluding carboxylic acids is 1. The summed E-state index contributed by atoms with van der Waals surface area (Å²) in [6.07, 6.45) is 1.21. The monoisotopic (exact) mass is 388 g/mol. The summed E-state index contributed by atoms with van der Waals surface area (Å²) < 4.78 is 16.1. The van der Waals surface area contributed by atoms with Crippen molar-refractivity contribution in [2.24, 2.45) is 0 Å². The van der Waals surface area contributed by atoms with Crippen LogP contribution in [0.15, 0.2) is 28.8 Å². The molecule has 3 rings (SSSR count). The Morgan fingerprint density at radius 2 is 1.86 bits per heavy atom. The molecular weight excluding hydrogens is 358 g/mol. The van der Waals surface area contributed by atoms with Crippen LogP contribution in [-0.2, 0) is 11.2 Å². The van der Waals surface area contributed by atoms with Crippen molar-refractivity contribution in [1.29, 1.82) is 0 Å². The van der Waals surface area contributed by atoms with Gasteiger partial charge in [-0.15, -0.1) is 0 Å². The molecule has 0 aliphatic carbocycles. The molecule has 1 aromatic heterocycles. The van der Waals surface area contributed by atoms with Gasteiger partial charge in [-0.25, -0.2) is 0 Å². The maximum atomic E-state index is 12.5. The third-order valence-corrected chi connectivity index (χ3v) is 5.38. The highest BCUT2D eigenvalue weighted by Gasteiger charge is 2.24. The molecule has 7 nitrogen and oxygen atoms in total. The number of benzene rings is 1. The van der Waals surface area contributed by atoms with Crippen molar-refractivity contribution in [2.75, 3.05) is 46.4 Å². The summed E-state index contributed by atoms with van der Waals surface area (Å²) in [6, 6.07) is 7.64. The van der Waals surface area contributed by atoms with Gasteiger partial charge in [0.05, 0.1) is 39.0 Å². The first-order chi connectivity index (χ1) is 13.6. The van der Waals surface area contributed by atoms with E-state index in [0.29, 0.717) is 19.4 Å². The van der Waals surface area contributed by atoms with E-state index in [1.165, 1.54) is 4.90 Å². The fourth-order valence-corrected chi connectivity index (χ4v) is 3.56. The Bertz CT molecular complexity index is 745. The van der Waals surface area contributed by atoms with Gasteiger partial charge in [-0.1, -0.05) is 5.16 Å². The summed E-state index contributed by atoms with van der Waals surface area (Å²) >= 11 is 0. The fourth-order valence-electron chi connectivity index (χ4n) is 3.56. The number of aromatic nitrogens is 1. The number of methoxy groups -OCH3 is 1. The number of nitrogens with zero attached hydrogens (tertiary/aromatic N) is 2. The summed E-state index contributed by atoms with van der Waals surface area (Å²) in [7, 11) is 1.65. The van der Waals surface area contributed by atoms with Gasteiger partial charge in [0.25, 0.3) is 0 Å². The third kappa shape index (κ3) is 5.25. The number of quaternary nitrogens is 1. The number of piperazine rings is 1. The SMILES string of the molecule is COc1ccc(OCC[NH+]2CCN(C(=O)CCc3c(C)noc3C)CC2)cc1. The summed E-state index contributed by atoms with van der Waals surface area (Å²) in [5.74, 6) is 2.71. The zero-order valence-electron chi connectivity index (χ0n) is 17.0. The second kappa shape index (κ2) is 9.59. The number of rotatable bonds is 8. The third-order valence-electron chi connectivity index (χ3n) is 5.38. The van der Waals surface area contributed by atoms with Crippen molar-refractivity contribution >= 4 is 5.91 Å². The average Bonchev–Trinajstić information content (AvgIpc) is 3.04. The molecule has 2 aromatic rings. The lowest BCUT2D eigenvalue weighted by Gasteiger charge is -2.32. The Morgan fingerprint density at radius 3 is 2.46 bits per heavy atom. The summed E-state index contributed by atoms with van der Waals surface area (Å²) in [4.78, 5) is 16.0. The predicted molar refractivity (Wildman–Crippen MR) is 105 cm³/mol. The zero-order valence-corrected chi connectivity index (χ0v) is 17.0. The van der Waals surface area contributed by atoms with E-state index in [4.69, 9.17) is 14.0 Å². The molecule has 1 aromatic carbocycles. The van der Waals surface area contributed by atoms with Crippen LogP contribution in [-0.4, -0.2) is 62.4 Å². The van der Waals surface area contributed by atoms with Crippen LogP contribution in [0.3, 0.4) is 0 Å².